The van der Waals surface area contributed by atoms with Gasteiger partial charge in [0.15, 0.2) is 0 Å². The fourth-order valence-electron chi connectivity index (χ4n) is 9.42. The molecule has 1 aliphatic rings. The molecular formula is C52H35N. The highest BCUT2D eigenvalue weighted by Crippen LogP contribution is 2.53. The molecule has 53 heavy (non-hydrogen) atoms. The quantitative estimate of drug-likeness (QED) is 0.134. The Hall–Kier alpha value is -6.57. The summed E-state index contributed by atoms with van der Waals surface area (Å²) >= 11 is 0. The third-order valence-corrected chi connectivity index (χ3v) is 11.8. The molecule has 1 heteroatoms. The maximum atomic E-state index is 5.45. The minimum atomic E-state index is -0.158. The van der Waals surface area contributed by atoms with Crippen LogP contribution in [-0.4, -0.2) is 4.98 Å². The van der Waals surface area contributed by atoms with Crippen LogP contribution in [0.15, 0.2) is 176 Å². The van der Waals surface area contributed by atoms with E-state index in [0.717, 1.165) is 16.8 Å². The number of pyridine rings is 1. The van der Waals surface area contributed by atoms with E-state index in [1.165, 1.54) is 93.0 Å². The topological polar surface area (TPSA) is 12.9 Å². The molecule has 1 aliphatic carbocycles. The number of para-hydroxylation sites is 1. The van der Waals surface area contributed by atoms with Crippen LogP contribution in [0.5, 0.6) is 0 Å². The maximum Gasteiger partial charge on any atom is 0.0791 e. The molecule has 0 amide bonds. The van der Waals surface area contributed by atoms with Crippen LogP contribution in [0.1, 0.15) is 25.0 Å². The Morgan fingerprint density at radius 3 is 1.66 bits per heavy atom. The Labute approximate surface area is 308 Å². The van der Waals surface area contributed by atoms with Crippen molar-refractivity contribution in [1.82, 2.24) is 4.98 Å². The normalized spacial score (nSPS) is 13.2. The van der Waals surface area contributed by atoms with E-state index in [1.54, 1.807) is 0 Å². The third kappa shape index (κ3) is 4.35. The van der Waals surface area contributed by atoms with Crippen molar-refractivity contribution in [3.63, 3.8) is 0 Å². The van der Waals surface area contributed by atoms with Gasteiger partial charge in [-0.2, -0.15) is 0 Å². The van der Waals surface area contributed by atoms with Crippen LogP contribution < -0.4 is 0 Å². The number of rotatable bonds is 3. The van der Waals surface area contributed by atoms with Crippen molar-refractivity contribution < 1.29 is 0 Å². The Bertz CT molecular complexity index is 3070. The first-order chi connectivity index (χ1) is 26.1. The van der Waals surface area contributed by atoms with Gasteiger partial charge in [0.25, 0.3) is 0 Å². The van der Waals surface area contributed by atoms with E-state index in [4.69, 9.17) is 4.98 Å². The average molecular weight is 674 g/mol. The maximum absolute atomic E-state index is 5.45. The molecule has 0 bridgehead atoms. The molecule has 0 saturated carbocycles. The Balaban J connectivity index is 1.14. The highest BCUT2D eigenvalue weighted by atomic mass is 14.7. The van der Waals surface area contributed by atoms with Crippen LogP contribution >= 0.6 is 0 Å². The van der Waals surface area contributed by atoms with Crippen molar-refractivity contribution >= 4 is 54.0 Å². The van der Waals surface area contributed by atoms with E-state index in [2.05, 4.69) is 190 Å². The highest BCUT2D eigenvalue weighted by molar-refractivity contribution is 6.22. The highest BCUT2D eigenvalue weighted by Gasteiger charge is 2.38. The Morgan fingerprint density at radius 2 is 0.943 bits per heavy atom. The van der Waals surface area contributed by atoms with Gasteiger partial charge >= 0.3 is 0 Å². The van der Waals surface area contributed by atoms with Gasteiger partial charge < -0.3 is 0 Å². The molecule has 1 aromatic heterocycles. The van der Waals surface area contributed by atoms with E-state index in [-0.39, 0.29) is 5.41 Å². The lowest BCUT2D eigenvalue weighted by atomic mass is 9.79. The van der Waals surface area contributed by atoms with Gasteiger partial charge in [0.2, 0.25) is 0 Å². The largest absolute Gasteiger partial charge is 0.247 e. The van der Waals surface area contributed by atoms with E-state index < -0.39 is 0 Å². The number of nitrogens with zero attached hydrogens (tertiary/aromatic N) is 1. The average Bonchev–Trinajstić information content (AvgIpc) is 3.45. The lowest BCUT2D eigenvalue weighted by Crippen LogP contribution is -2.16. The fraction of sp³-hybridized carbons (Fsp3) is 0.0577. The van der Waals surface area contributed by atoms with Gasteiger partial charge in [-0.05, 0) is 94.3 Å². The summed E-state index contributed by atoms with van der Waals surface area (Å²) in [6.45, 7) is 4.74. The summed E-state index contributed by atoms with van der Waals surface area (Å²) in [4.78, 5) is 5.45. The summed E-state index contributed by atoms with van der Waals surface area (Å²) in [5.74, 6) is 0. The zero-order chi connectivity index (χ0) is 35.3. The molecule has 0 atom stereocenters. The first kappa shape index (κ1) is 30.1. The number of hydrogen-bond donors (Lipinski definition) is 0. The Kier molecular flexibility index (Phi) is 6.37. The van der Waals surface area contributed by atoms with E-state index in [9.17, 15) is 0 Å². The predicted octanol–water partition coefficient (Wildman–Crippen LogP) is 14.2. The van der Waals surface area contributed by atoms with E-state index in [0.29, 0.717) is 0 Å². The molecule has 0 N–H and O–H groups in total. The summed E-state index contributed by atoms with van der Waals surface area (Å²) < 4.78 is 0. The van der Waals surface area contributed by atoms with Crippen molar-refractivity contribution in [2.75, 3.05) is 0 Å². The minimum Gasteiger partial charge on any atom is -0.247 e. The van der Waals surface area contributed by atoms with Crippen molar-refractivity contribution in [2.45, 2.75) is 19.3 Å². The van der Waals surface area contributed by atoms with E-state index >= 15 is 0 Å². The van der Waals surface area contributed by atoms with Crippen molar-refractivity contribution in [3.8, 4) is 44.6 Å². The lowest BCUT2D eigenvalue weighted by Gasteiger charge is -2.25. The summed E-state index contributed by atoms with van der Waals surface area (Å²) in [6, 6.07) is 64.7. The second-order valence-corrected chi connectivity index (χ2v) is 15.0. The minimum absolute atomic E-state index is 0.158. The molecular weight excluding hydrogens is 639 g/mol. The van der Waals surface area contributed by atoms with Crippen molar-refractivity contribution in [3.05, 3.63) is 187 Å². The SMILES string of the molecule is CC1(C)c2ccccc2-c2ccc3c(c(-c4ccc(-c5c6ccccc6c(-c6ccc7ccccc7c6)c6ccccc56)cc4)nc4ccccc43)c21. The molecule has 0 aliphatic heterocycles. The molecule has 0 saturated heterocycles. The fourth-order valence-corrected chi connectivity index (χ4v) is 9.42. The first-order valence-electron chi connectivity index (χ1n) is 18.6. The third-order valence-electron chi connectivity index (χ3n) is 11.8. The molecule has 1 heterocycles. The lowest BCUT2D eigenvalue weighted by molar-refractivity contribution is 0.666. The summed E-state index contributed by atoms with van der Waals surface area (Å²) in [5, 5.41) is 11.3. The van der Waals surface area contributed by atoms with Crippen LogP contribution in [0.2, 0.25) is 0 Å². The standard InChI is InChI=1S/C52H35N/c1-52(2)45-21-11-9-15-37(45)44-30-29-43-38-16-10-12-22-46(38)53-51(49(43)50(44)52)34-26-24-33(25-27-34)47-39-17-5-7-19-41(39)48(42-20-8-6-18-40(42)47)36-28-23-32-13-3-4-14-35(32)31-36/h3-31H,1-2H3. The number of aromatic nitrogens is 1. The van der Waals surface area contributed by atoms with Crippen LogP contribution in [-0.2, 0) is 5.41 Å². The second kappa shape index (κ2) is 11.2. The van der Waals surface area contributed by atoms with Crippen molar-refractivity contribution in [1.29, 1.82) is 0 Å². The molecule has 248 valence electrons. The van der Waals surface area contributed by atoms with Crippen LogP contribution in [0.4, 0.5) is 0 Å². The van der Waals surface area contributed by atoms with Gasteiger partial charge in [-0.15, -0.1) is 0 Å². The number of fused-ring (bicyclic) bond motifs is 10. The number of benzene rings is 9. The predicted molar refractivity (Wildman–Crippen MR) is 226 cm³/mol. The van der Waals surface area contributed by atoms with Crippen molar-refractivity contribution in [2.24, 2.45) is 0 Å². The summed E-state index contributed by atoms with van der Waals surface area (Å²) in [7, 11) is 0. The molecule has 11 rings (SSSR count). The van der Waals surface area contributed by atoms with E-state index in [1.807, 2.05) is 0 Å². The summed E-state index contributed by atoms with van der Waals surface area (Å²) in [5.41, 5.74) is 13.4. The molecule has 0 spiro atoms. The zero-order valence-corrected chi connectivity index (χ0v) is 29.7. The summed E-state index contributed by atoms with van der Waals surface area (Å²) in [6.07, 6.45) is 0. The molecule has 0 unspecified atom stereocenters. The number of hydrogen-bond acceptors (Lipinski definition) is 1. The van der Waals surface area contributed by atoms with Gasteiger partial charge in [-0.3, -0.25) is 0 Å². The monoisotopic (exact) mass is 673 g/mol. The molecule has 9 aromatic carbocycles. The zero-order valence-electron chi connectivity index (χ0n) is 29.7. The van der Waals surface area contributed by atoms with Crippen LogP contribution in [0.25, 0.3) is 98.6 Å². The van der Waals surface area contributed by atoms with Gasteiger partial charge in [-0.25, -0.2) is 4.98 Å². The van der Waals surface area contributed by atoms with Crippen LogP contribution in [0, 0.1) is 0 Å². The molecule has 1 nitrogen and oxygen atoms in total. The molecule has 0 radical (unpaired) electrons. The van der Waals surface area contributed by atoms with Crippen LogP contribution in [0.3, 0.4) is 0 Å². The molecule has 10 aromatic rings. The van der Waals surface area contributed by atoms with Gasteiger partial charge in [0.1, 0.15) is 0 Å². The first-order valence-corrected chi connectivity index (χ1v) is 18.6. The van der Waals surface area contributed by atoms with Gasteiger partial charge in [0.05, 0.1) is 11.2 Å². The second-order valence-electron chi connectivity index (χ2n) is 15.0. The van der Waals surface area contributed by atoms with Gasteiger partial charge in [-0.1, -0.05) is 178 Å². The Morgan fingerprint density at radius 1 is 0.396 bits per heavy atom. The smallest absolute Gasteiger partial charge is 0.0791 e. The van der Waals surface area contributed by atoms with Gasteiger partial charge in [0, 0.05) is 21.8 Å². The molecule has 0 fully saturated rings.